The van der Waals surface area contributed by atoms with Gasteiger partial charge in [0.25, 0.3) is 0 Å². The Morgan fingerprint density at radius 2 is 1.74 bits per heavy atom. The summed E-state index contributed by atoms with van der Waals surface area (Å²) in [4.78, 5) is 6.65. The van der Waals surface area contributed by atoms with Crippen molar-refractivity contribution in [2.24, 2.45) is 4.99 Å². The van der Waals surface area contributed by atoms with Crippen LogP contribution < -0.4 is 0 Å². The Morgan fingerprint density at radius 3 is 2.35 bits per heavy atom. The summed E-state index contributed by atoms with van der Waals surface area (Å²) in [5, 5.41) is 19.7. The van der Waals surface area contributed by atoms with Crippen molar-refractivity contribution in [3.8, 4) is 11.5 Å². The fourth-order valence-electron chi connectivity index (χ4n) is 2.24. The maximum absolute atomic E-state index is 9.79. The molecular formula is C18H21ClN2O2. The van der Waals surface area contributed by atoms with Crippen LogP contribution in [-0.4, -0.2) is 34.4 Å². The average Bonchev–Trinajstić information content (AvgIpc) is 2.55. The number of phenolic OH excluding ortho intramolecular Hbond substituents is 2. The van der Waals surface area contributed by atoms with Crippen molar-refractivity contribution in [2.75, 3.05) is 13.1 Å². The van der Waals surface area contributed by atoms with E-state index in [1.54, 1.807) is 6.07 Å². The van der Waals surface area contributed by atoms with Crippen LogP contribution in [-0.2, 0) is 6.54 Å². The molecule has 0 aliphatic carbocycles. The Kier molecular flexibility index (Phi) is 6.02. The average molecular weight is 333 g/mol. The van der Waals surface area contributed by atoms with E-state index in [-0.39, 0.29) is 11.5 Å². The van der Waals surface area contributed by atoms with Crippen LogP contribution in [0.15, 0.2) is 41.4 Å². The summed E-state index contributed by atoms with van der Waals surface area (Å²) in [5.41, 5.74) is 2.38. The lowest BCUT2D eigenvalue weighted by Gasteiger charge is -2.17. The predicted octanol–water partition coefficient (Wildman–Crippen LogP) is 4.34. The van der Waals surface area contributed by atoms with Crippen LogP contribution in [0, 0.1) is 0 Å². The molecule has 23 heavy (non-hydrogen) atoms. The number of aliphatic imine (C=N–C) groups is 1. The third-order valence-corrected chi connectivity index (χ3v) is 3.89. The first-order chi connectivity index (χ1) is 11.0. The van der Waals surface area contributed by atoms with Gasteiger partial charge in [-0.05, 0) is 36.9 Å². The van der Waals surface area contributed by atoms with E-state index in [9.17, 15) is 10.2 Å². The van der Waals surface area contributed by atoms with Gasteiger partial charge >= 0.3 is 0 Å². The topological polar surface area (TPSA) is 56.1 Å². The van der Waals surface area contributed by atoms with Crippen LogP contribution >= 0.6 is 11.6 Å². The number of hydrogen-bond acceptors (Lipinski definition) is 4. The summed E-state index contributed by atoms with van der Waals surface area (Å²) in [5.74, 6) is -0.482. The molecule has 2 aromatic rings. The Labute approximate surface area is 141 Å². The van der Waals surface area contributed by atoms with Crippen molar-refractivity contribution in [1.82, 2.24) is 4.90 Å². The highest BCUT2D eigenvalue weighted by Crippen LogP contribution is 2.31. The summed E-state index contributed by atoms with van der Waals surface area (Å²) >= 11 is 5.86. The normalized spacial score (nSPS) is 11.5. The molecule has 0 saturated heterocycles. The number of nitrogens with zero attached hydrogens (tertiary/aromatic N) is 2. The van der Waals surface area contributed by atoms with Crippen molar-refractivity contribution in [2.45, 2.75) is 20.4 Å². The fourth-order valence-corrected chi connectivity index (χ4v) is 2.46. The highest BCUT2D eigenvalue weighted by molar-refractivity contribution is 6.31. The van der Waals surface area contributed by atoms with Crippen LogP contribution in [0.3, 0.4) is 0 Å². The SMILES string of the molecule is CCN(CC)Cc1ccc(N=Cc2cc(Cl)cc(O)c2O)cc1. The van der Waals surface area contributed by atoms with Gasteiger partial charge in [0.05, 0.1) is 5.69 Å². The molecule has 2 aromatic carbocycles. The lowest BCUT2D eigenvalue weighted by atomic mass is 10.2. The van der Waals surface area contributed by atoms with E-state index < -0.39 is 0 Å². The maximum atomic E-state index is 9.79. The quantitative estimate of drug-likeness (QED) is 0.611. The van der Waals surface area contributed by atoms with Gasteiger partial charge in [-0.25, -0.2) is 0 Å². The Hall–Kier alpha value is -2.04. The minimum absolute atomic E-state index is 0.226. The van der Waals surface area contributed by atoms with Crippen LogP contribution in [0.4, 0.5) is 5.69 Å². The molecule has 0 radical (unpaired) electrons. The monoisotopic (exact) mass is 332 g/mol. The fraction of sp³-hybridized carbons (Fsp3) is 0.278. The molecule has 2 N–H and O–H groups in total. The molecule has 0 aliphatic heterocycles. The Balaban J connectivity index is 2.12. The molecule has 0 saturated carbocycles. The maximum Gasteiger partial charge on any atom is 0.166 e. The molecule has 0 atom stereocenters. The number of benzene rings is 2. The molecule has 0 aromatic heterocycles. The Morgan fingerprint density at radius 1 is 1.09 bits per heavy atom. The molecule has 0 aliphatic rings. The summed E-state index contributed by atoms with van der Waals surface area (Å²) in [6.45, 7) is 7.26. The molecular weight excluding hydrogens is 312 g/mol. The van der Waals surface area contributed by atoms with E-state index in [2.05, 4.69) is 23.7 Å². The minimum Gasteiger partial charge on any atom is -0.504 e. The van der Waals surface area contributed by atoms with E-state index in [4.69, 9.17) is 11.6 Å². The first-order valence-electron chi connectivity index (χ1n) is 7.60. The molecule has 4 nitrogen and oxygen atoms in total. The van der Waals surface area contributed by atoms with Gasteiger partial charge in [-0.3, -0.25) is 9.89 Å². The van der Waals surface area contributed by atoms with E-state index in [0.29, 0.717) is 10.6 Å². The lowest BCUT2D eigenvalue weighted by Crippen LogP contribution is -2.21. The summed E-state index contributed by atoms with van der Waals surface area (Å²) in [6.07, 6.45) is 1.49. The predicted molar refractivity (Wildman–Crippen MR) is 95.1 cm³/mol. The van der Waals surface area contributed by atoms with Crippen molar-refractivity contribution < 1.29 is 10.2 Å². The number of hydrogen-bond donors (Lipinski definition) is 2. The number of halogens is 1. The van der Waals surface area contributed by atoms with Gasteiger partial charge in [0.15, 0.2) is 11.5 Å². The van der Waals surface area contributed by atoms with Gasteiger partial charge in [-0.2, -0.15) is 0 Å². The van der Waals surface area contributed by atoms with Gasteiger partial charge in [0.2, 0.25) is 0 Å². The van der Waals surface area contributed by atoms with Crippen molar-refractivity contribution >= 4 is 23.5 Å². The first kappa shape index (κ1) is 17.3. The second-order valence-corrected chi connectivity index (χ2v) is 5.69. The molecule has 0 unspecified atom stereocenters. The zero-order valence-corrected chi connectivity index (χ0v) is 14.1. The third-order valence-electron chi connectivity index (χ3n) is 3.67. The number of phenols is 2. The van der Waals surface area contributed by atoms with Gasteiger partial charge in [-0.15, -0.1) is 0 Å². The molecule has 122 valence electrons. The van der Waals surface area contributed by atoms with Crippen molar-refractivity contribution in [1.29, 1.82) is 0 Å². The summed E-state index contributed by atoms with van der Waals surface area (Å²) < 4.78 is 0. The van der Waals surface area contributed by atoms with E-state index >= 15 is 0 Å². The zero-order valence-electron chi connectivity index (χ0n) is 13.3. The molecule has 0 amide bonds. The molecule has 0 bridgehead atoms. The van der Waals surface area contributed by atoms with E-state index in [0.717, 1.165) is 25.3 Å². The van der Waals surface area contributed by atoms with Crippen molar-refractivity contribution in [3.05, 3.63) is 52.5 Å². The zero-order chi connectivity index (χ0) is 16.8. The Bertz CT molecular complexity index is 680. The molecule has 5 heteroatoms. The largest absolute Gasteiger partial charge is 0.504 e. The number of aromatic hydroxyl groups is 2. The van der Waals surface area contributed by atoms with Crippen LogP contribution in [0.25, 0.3) is 0 Å². The van der Waals surface area contributed by atoms with Crippen LogP contribution in [0.1, 0.15) is 25.0 Å². The van der Waals surface area contributed by atoms with Gasteiger partial charge in [-0.1, -0.05) is 37.6 Å². The third kappa shape index (κ3) is 4.71. The molecule has 2 rings (SSSR count). The second kappa shape index (κ2) is 7.99. The molecule has 0 fully saturated rings. The summed E-state index contributed by atoms with van der Waals surface area (Å²) in [6, 6.07) is 10.8. The smallest absolute Gasteiger partial charge is 0.166 e. The second-order valence-electron chi connectivity index (χ2n) is 5.25. The highest BCUT2D eigenvalue weighted by atomic mass is 35.5. The first-order valence-corrected chi connectivity index (χ1v) is 7.98. The summed E-state index contributed by atoms with van der Waals surface area (Å²) in [7, 11) is 0. The van der Waals surface area contributed by atoms with Crippen molar-refractivity contribution in [3.63, 3.8) is 0 Å². The lowest BCUT2D eigenvalue weighted by molar-refractivity contribution is 0.296. The van der Waals surface area contributed by atoms with Crippen LogP contribution in [0.2, 0.25) is 5.02 Å². The minimum atomic E-state index is -0.256. The van der Waals surface area contributed by atoms with E-state index in [1.165, 1.54) is 17.8 Å². The molecule has 0 spiro atoms. The van der Waals surface area contributed by atoms with Gasteiger partial charge in [0.1, 0.15) is 0 Å². The van der Waals surface area contributed by atoms with Gasteiger partial charge < -0.3 is 10.2 Å². The van der Waals surface area contributed by atoms with Gasteiger partial charge in [0, 0.05) is 29.4 Å². The van der Waals surface area contributed by atoms with E-state index in [1.807, 2.05) is 24.3 Å². The standard InChI is InChI=1S/C18H21ClN2O2/c1-3-21(4-2)12-13-5-7-16(8-6-13)20-11-14-9-15(19)10-17(22)18(14)23/h5-11,22-23H,3-4,12H2,1-2H3. The van der Waals surface area contributed by atoms with Crippen LogP contribution in [0.5, 0.6) is 11.5 Å². The molecule has 0 heterocycles. The highest BCUT2D eigenvalue weighted by Gasteiger charge is 2.06. The number of rotatable bonds is 6.